The number of benzene rings is 2. The number of anilines is 1. The number of aromatic amines is 1. The highest BCUT2D eigenvalue weighted by Gasteiger charge is 2.15. The Balaban J connectivity index is 0.00000225. The van der Waals surface area contributed by atoms with Gasteiger partial charge in [-0.05, 0) is 42.3 Å². The molecular weight excluding hydrogens is 374 g/mol. The molecule has 0 spiro atoms. The van der Waals surface area contributed by atoms with Crippen LogP contribution in [0, 0.1) is 0 Å². The number of ether oxygens (including phenoxy) is 1. The standard InChI is InChI=1S/C21H21N5O.ClH/c1-14(15-5-4-6-18(9-15)27-3)26(2)21-13-22-20-10-16(7-8-19(20)25-21)17-11-23-24-12-17;/h4-14H,1-3H3,(H,23,24);1H/t14-;/m1./s1. The summed E-state index contributed by atoms with van der Waals surface area (Å²) in [6.45, 7) is 2.14. The zero-order valence-corrected chi connectivity index (χ0v) is 16.8. The zero-order valence-electron chi connectivity index (χ0n) is 16.0. The first-order chi connectivity index (χ1) is 13.2. The molecule has 4 aromatic rings. The summed E-state index contributed by atoms with van der Waals surface area (Å²) in [4.78, 5) is 11.5. The van der Waals surface area contributed by atoms with Crippen LogP contribution in [0.4, 0.5) is 5.82 Å². The molecule has 144 valence electrons. The molecule has 0 radical (unpaired) electrons. The van der Waals surface area contributed by atoms with Crippen LogP contribution in [0.15, 0.2) is 61.1 Å². The molecule has 0 aliphatic heterocycles. The molecule has 1 N–H and O–H groups in total. The molecule has 0 bridgehead atoms. The lowest BCUT2D eigenvalue weighted by atomic mass is 10.1. The fraction of sp³-hybridized carbons (Fsp3) is 0.190. The maximum Gasteiger partial charge on any atom is 0.148 e. The summed E-state index contributed by atoms with van der Waals surface area (Å²) in [5, 5.41) is 6.83. The van der Waals surface area contributed by atoms with E-state index in [1.54, 1.807) is 13.3 Å². The summed E-state index contributed by atoms with van der Waals surface area (Å²) in [6.07, 6.45) is 5.48. The van der Waals surface area contributed by atoms with Gasteiger partial charge in [-0.25, -0.2) is 4.98 Å². The molecule has 0 saturated carbocycles. The van der Waals surface area contributed by atoms with E-state index in [-0.39, 0.29) is 18.4 Å². The van der Waals surface area contributed by atoms with Gasteiger partial charge in [-0.2, -0.15) is 5.10 Å². The third-order valence-corrected chi connectivity index (χ3v) is 4.88. The first-order valence-electron chi connectivity index (χ1n) is 8.78. The summed E-state index contributed by atoms with van der Waals surface area (Å²) >= 11 is 0. The van der Waals surface area contributed by atoms with E-state index in [9.17, 15) is 0 Å². The van der Waals surface area contributed by atoms with E-state index >= 15 is 0 Å². The van der Waals surface area contributed by atoms with Crippen molar-refractivity contribution in [3.63, 3.8) is 0 Å². The van der Waals surface area contributed by atoms with Crippen molar-refractivity contribution in [1.82, 2.24) is 20.2 Å². The molecule has 0 aliphatic rings. The lowest BCUT2D eigenvalue weighted by Gasteiger charge is -2.26. The second-order valence-electron chi connectivity index (χ2n) is 6.48. The summed E-state index contributed by atoms with van der Waals surface area (Å²) in [6, 6.07) is 14.3. The summed E-state index contributed by atoms with van der Waals surface area (Å²) in [5.41, 5.74) is 4.99. The van der Waals surface area contributed by atoms with E-state index < -0.39 is 0 Å². The van der Waals surface area contributed by atoms with Gasteiger partial charge in [0.05, 0.1) is 36.6 Å². The topological polar surface area (TPSA) is 66.9 Å². The Hall–Kier alpha value is -3.12. The van der Waals surface area contributed by atoms with Crippen molar-refractivity contribution >= 4 is 29.3 Å². The highest BCUT2D eigenvalue weighted by Crippen LogP contribution is 2.28. The number of methoxy groups -OCH3 is 1. The van der Waals surface area contributed by atoms with E-state index in [2.05, 4.69) is 33.1 Å². The third kappa shape index (κ3) is 3.77. The molecule has 7 heteroatoms. The number of halogens is 1. The average Bonchev–Trinajstić information content (AvgIpc) is 3.27. The van der Waals surface area contributed by atoms with Crippen LogP contribution in [0.1, 0.15) is 18.5 Å². The van der Waals surface area contributed by atoms with Gasteiger partial charge in [-0.3, -0.25) is 10.1 Å². The summed E-state index contributed by atoms with van der Waals surface area (Å²) in [5.74, 6) is 1.68. The Morgan fingerprint density at radius 2 is 1.89 bits per heavy atom. The summed E-state index contributed by atoms with van der Waals surface area (Å²) in [7, 11) is 3.71. The first-order valence-corrected chi connectivity index (χ1v) is 8.78. The Labute approximate surface area is 170 Å². The minimum Gasteiger partial charge on any atom is -0.497 e. The molecular formula is C21H22ClN5O. The van der Waals surface area contributed by atoms with Crippen molar-refractivity contribution in [3.8, 4) is 16.9 Å². The van der Waals surface area contributed by atoms with Crippen LogP contribution in [-0.2, 0) is 0 Å². The van der Waals surface area contributed by atoms with Crippen LogP contribution >= 0.6 is 12.4 Å². The number of nitrogens with one attached hydrogen (secondary N) is 1. The smallest absolute Gasteiger partial charge is 0.148 e. The van der Waals surface area contributed by atoms with Crippen molar-refractivity contribution < 1.29 is 4.74 Å². The number of hydrogen-bond acceptors (Lipinski definition) is 5. The van der Waals surface area contributed by atoms with E-state index in [1.165, 1.54) is 0 Å². The molecule has 6 nitrogen and oxygen atoms in total. The molecule has 2 aromatic carbocycles. The summed E-state index contributed by atoms with van der Waals surface area (Å²) < 4.78 is 5.34. The second-order valence-corrected chi connectivity index (χ2v) is 6.48. The van der Waals surface area contributed by atoms with Crippen LogP contribution < -0.4 is 9.64 Å². The number of hydrogen-bond donors (Lipinski definition) is 1. The van der Waals surface area contributed by atoms with Gasteiger partial charge in [0.25, 0.3) is 0 Å². The largest absolute Gasteiger partial charge is 0.497 e. The number of H-pyrrole nitrogens is 1. The number of aromatic nitrogens is 4. The predicted octanol–water partition coefficient (Wildman–Crippen LogP) is 4.65. The maximum atomic E-state index is 5.34. The Morgan fingerprint density at radius 1 is 1.04 bits per heavy atom. The van der Waals surface area contributed by atoms with Gasteiger partial charge in [0.2, 0.25) is 0 Å². The second kappa shape index (κ2) is 8.27. The van der Waals surface area contributed by atoms with Crippen molar-refractivity contribution in [2.75, 3.05) is 19.1 Å². The SMILES string of the molecule is COc1cccc([C@@H](C)N(C)c2cnc3cc(-c4cn[nH]c4)ccc3n2)c1.Cl. The van der Waals surface area contributed by atoms with Gasteiger partial charge < -0.3 is 9.64 Å². The van der Waals surface area contributed by atoms with E-state index in [0.29, 0.717) is 0 Å². The first kappa shape index (κ1) is 19.6. The van der Waals surface area contributed by atoms with Crippen molar-refractivity contribution in [2.24, 2.45) is 0 Å². The van der Waals surface area contributed by atoms with Gasteiger partial charge in [-0.1, -0.05) is 18.2 Å². The normalized spacial score (nSPS) is 11.7. The quantitative estimate of drug-likeness (QED) is 0.532. The molecule has 2 aromatic heterocycles. The number of fused-ring (bicyclic) bond motifs is 1. The molecule has 0 fully saturated rings. The van der Waals surface area contributed by atoms with E-state index in [1.807, 2.05) is 55.8 Å². The average molecular weight is 396 g/mol. The van der Waals surface area contributed by atoms with Crippen molar-refractivity contribution in [2.45, 2.75) is 13.0 Å². The zero-order chi connectivity index (χ0) is 18.8. The Morgan fingerprint density at radius 3 is 2.64 bits per heavy atom. The molecule has 0 saturated heterocycles. The molecule has 0 amide bonds. The molecule has 2 heterocycles. The van der Waals surface area contributed by atoms with E-state index in [4.69, 9.17) is 9.72 Å². The fourth-order valence-electron chi connectivity index (χ4n) is 3.08. The third-order valence-electron chi connectivity index (χ3n) is 4.88. The monoisotopic (exact) mass is 395 g/mol. The minimum absolute atomic E-state index is 0. The minimum atomic E-state index is 0. The van der Waals surface area contributed by atoms with Crippen LogP contribution in [0.5, 0.6) is 5.75 Å². The van der Waals surface area contributed by atoms with Gasteiger partial charge >= 0.3 is 0 Å². The van der Waals surface area contributed by atoms with Crippen LogP contribution in [-0.4, -0.2) is 34.3 Å². The molecule has 1 atom stereocenters. The lowest BCUT2D eigenvalue weighted by Crippen LogP contribution is -2.22. The highest BCUT2D eigenvalue weighted by atomic mass is 35.5. The highest BCUT2D eigenvalue weighted by molar-refractivity contribution is 5.85. The van der Waals surface area contributed by atoms with Gasteiger partial charge in [0.1, 0.15) is 11.6 Å². The Kier molecular flexibility index (Phi) is 5.80. The van der Waals surface area contributed by atoms with Crippen LogP contribution in [0.2, 0.25) is 0 Å². The molecule has 4 rings (SSSR count). The van der Waals surface area contributed by atoms with Gasteiger partial charge in [0, 0.05) is 18.8 Å². The number of nitrogens with zero attached hydrogens (tertiary/aromatic N) is 4. The lowest BCUT2D eigenvalue weighted by molar-refractivity contribution is 0.414. The van der Waals surface area contributed by atoms with Crippen LogP contribution in [0.25, 0.3) is 22.2 Å². The fourth-order valence-corrected chi connectivity index (χ4v) is 3.08. The maximum absolute atomic E-state index is 5.34. The Bertz CT molecular complexity index is 1070. The molecule has 0 aliphatic carbocycles. The van der Waals surface area contributed by atoms with Gasteiger partial charge in [-0.15, -0.1) is 12.4 Å². The number of rotatable bonds is 5. The molecule has 0 unspecified atom stereocenters. The predicted molar refractivity (Wildman–Crippen MR) is 114 cm³/mol. The van der Waals surface area contributed by atoms with Gasteiger partial charge in [0.15, 0.2) is 0 Å². The van der Waals surface area contributed by atoms with Crippen LogP contribution in [0.3, 0.4) is 0 Å². The van der Waals surface area contributed by atoms with Crippen molar-refractivity contribution in [1.29, 1.82) is 0 Å². The molecule has 28 heavy (non-hydrogen) atoms. The van der Waals surface area contributed by atoms with E-state index in [0.717, 1.165) is 39.3 Å². The van der Waals surface area contributed by atoms with Crippen molar-refractivity contribution in [3.05, 3.63) is 66.6 Å².